The van der Waals surface area contributed by atoms with Crippen LogP contribution in [0.15, 0.2) is 84.9 Å². The first-order valence-electron chi connectivity index (χ1n) is 17.0. The highest BCUT2D eigenvalue weighted by atomic mass is 14.5. The molecule has 0 saturated heterocycles. The van der Waals surface area contributed by atoms with Crippen LogP contribution < -0.4 is 0 Å². The molecule has 0 heteroatoms. The lowest BCUT2D eigenvalue weighted by molar-refractivity contribution is 0.398. The van der Waals surface area contributed by atoms with Crippen molar-refractivity contribution in [3.63, 3.8) is 0 Å². The Bertz CT molecular complexity index is 1330. The fourth-order valence-corrected chi connectivity index (χ4v) is 7.25. The van der Waals surface area contributed by atoms with Gasteiger partial charge in [-0.15, -0.1) is 0 Å². The van der Waals surface area contributed by atoms with Gasteiger partial charge < -0.3 is 0 Å². The molecule has 0 aliphatic heterocycles. The third-order valence-corrected chi connectivity index (χ3v) is 9.79. The average molecular weight is 557 g/mol. The van der Waals surface area contributed by atoms with Crippen molar-refractivity contribution in [2.75, 3.05) is 0 Å². The lowest BCUT2D eigenvalue weighted by Gasteiger charge is -2.33. The Morgan fingerprint density at radius 3 is 1.17 bits per heavy atom. The molecule has 0 fully saturated rings. The van der Waals surface area contributed by atoms with Crippen LogP contribution in [0.1, 0.15) is 120 Å². The molecule has 5 rings (SSSR count). The van der Waals surface area contributed by atoms with Crippen molar-refractivity contribution >= 4 is 0 Å². The topological polar surface area (TPSA) is 0 Å². The van der Waals surface area contributed by atoms with E-state index in [1.54, 1.807) is 11.1 Å². The first-order valence-corrected chi connectivity index (χ1v) is 17.0. The van der Waals surface area contributed by atoms with E-state index in [1.165, 1.54) is 128 Å². The van der Waals surface area contributed by atoms with Crippen molar-refractivity contribution < 1.29 is 0 Å². The summed E-state index contributed by atoms with van der Waals surface area (Å²) in [5.41, 5.74) is 14.2. The molecular weight excluding hydrogens is 504 g/mol. The van der Waals surface area contributed by atoms with E-state index in [9.17, 15) is 0 Å². The average Bonchev–Trinajstić information content (AvgIpc) is 3.28. The van der Waals surface area contributed by atoms with Crippen LogP contribution in [0.5, 0.6) is 0 Å². The summed E-state index contributed by atoms with van der Waals surface area (Å²) in [4.78, 5) is 0. The Morgan fingerprint density at radius 1 is 0.405 bits per heavy atom. The summed E-state index contributed by atoms with van der Waals surface area (Å²) >= 11 is 0. The van der Waals surface area contributed by atoms with Gasteiger partial charge in [0.25, 0.3) is 0 Å². The second-order valence-electron chi connectivity index (χ2n) is 13.0. The van der Waals surface area contributed by atoms with Crippen molar-refractivity contribution in [1.29, 1.82) is 0 Å². The van der Waals surface area contributed by atoms with Gasteiger partial charge in [-0.1, -0.05) is 168 Å². The van der Waals surface area contributed by atoms with Crippen LogP contribution in [0.2, 0.25) is 0 Å². The van der Waals surface area contributed by atoms with Crippen molar-refractivity contribution in [2.24, 2.45) is 0 Å². The Balaban J connectivity index is 1.58. The van der Waals surface area contributed by atoms with Crippen LogP contribution >= 0.6 is 0 Å². The highest BCUT2D eigenvalue weighted by molar-refractivity contribution is 5.86. The smallest absolute Gasteiger partial charge is 0.0215 e. The van der Waals surface area contributed by atoms with Crippen LogP contribution in [-0.4, -0.2) is 0 Å². The molecule has 0 aromatic heterocycles. The standard InChI is InChI=1S/C42H52/c1-5-7-9-11-13-15-29-42(28-14-12-10-8-6-2)40-30-36(34-20-16-32(3)17-21-34)24-26-38(40)39-27-25-37(31-41(39)42)35-22-18-33(4)19-23-35/h16-27,30-31H,5-15,28-29H2,1-4H3. The fourth-order valence-electron chi connectivity index (χ4n) is 7.25. The molecule has 0 saturated carbocycles. The maximum Gasteiger partial charge on any atom is 0.0215 e. The molecule has 1 aliphatic rings. The molecule has 220 valence electrons. The fraction of sp³-hybridized carbons (Fsp3) is 0.429. The van der Waals surface area contributed by atoms with Gasteiger partial charge in [-0.25, -0.2) is 0 Å². The molecule has 42 heavy (non-hydrogen) atoms. The zero-order chi connectivity index (χ0) is 29.4. The molecule has 0 spiro atoms. The molecule has 0 nitrogen and oxygen atoms in total. The van der Waals surface area contributed by atoms with E-state index in [1.807, 2.05) is 0 Å². The summed E-state index contributed by atoms with van der Waals surface area (Å²) < 4.78 is 0. The van der Waals surface area contributed by atoms with E-state index in [0.29, 0.717) is 0 Å². The number of aryl methyl sites for hydroxylation is 2. The van der Waals surface area contributed by atoms with Gasteiger partial charge in [0.15, 0.2) is 0 Å². The zero-order valence-electron chi connectivity index (χ0n) is 26.8. The van der Waals surface area contributed by atoms with Gasteiger partial charge in [-0.2, -0.15) is 0 Å². The molecule has 0 unspecified atom stereocenters. The first kappa shape index (κ1) is 30.3. The third kappa shape index (κ3) is 6.75. The largest absolute Gasteiger partial charge is 0.0654 e. The van der Waals surface area contributed by atoms with Gasteiger partial charge in [-0.3, -0.25) is 0 Å². The Morgan fingerprint density at radius 2 is 0.762 bits per heavy atom. The van der Waals surface area contributed by atoms with E-state index < -0.39 is 0 Å². The van der Waals surface area contributed by atoms with Crippen molar-refractivity contribution in [3.8, 4) is 33.4 Å². The molecule has 0 amide bonds. The number of benzene rings is 4. The molecule has 4 aromatic rings. The number of unbranched alkanes of at least 4 members (excludes halogenated alkanes) is 9. The quantitative estimate of drug-likeness (QED) is 0.128. The molecular formula is C42H52. The number of rotatable bonds is 15. The molecule has 0 heterocycles. The molecule has 1 aliphatic carbocycles. The van der Waals surface area contributed by atoms with E-state index in [2.05, 4.69) is 113 Å². The monoisotopic (exact) mass is 556 g/mol. The van der Waals surface area contributed by atoms with Gasteiger partial charge in [0, 0.05) is 5.41 Å². The Labute approximate surface area is 256 Å². The van der Waals surface area contributed by atoms with Gasteiger partial charge >= 0.3 is 0 Å². The first-order chi connectivity index (χ1) is 20.6. The van der Waals surface area contributed by atoms with Gasteiger partial charge in [-0.05, 0) is 83.3 Å². The predicted octanol–water partition coefficient (Wildman–Crippen LogP) is 13.0. The summed E-state index contributed by atoms with van der Waals surface area (Å²) in [6, 6.07) is 33.0. The third-order valence-electron chi connectivity index (χ3n) is 9.79. The van der Waals surface area contributed by atoms with Gasteiger partial charge in [0.2, 0.25) is 0 Å². The second kappa shape index (κ2) is 14.4. The van der Waals surface area contributed by atoms with Crippen molar-refractivity contribution in [3.05, 3.63) is 107 Å². The minimum Gasteiger partial charge on any atom is -0.0654 e. The summed E-state index contributed by atoms with van der Waals surface area (Å²) in [6.07, 6.45) is 17.2. The highest BCUT2D eigenvalue weighted by Crippen LogP contribution is 2.55. The van der Waals surface area contributed by atoms with Crippen molar-refractivity contribution in [1.82, 2.24) is 0 Å². The summed E-state index contributed by atoms with van der Waals surface area (Å²) in [5.74, 6) is 0. The lowest BCUT2D eigenvalue weighted by atomic mass is 9.70. The van der Waals surface area contributed by atoms with E-state index in [0.717, 1.165) is 0 Å². The normalized spacial score (nSPS) is 13.2. The van der Waals surface area contributed by atoms with E-state index in [4.69, 9.17) is 0 Å². The van der Waals surface area contributed by atoms with Gasteiger partial charge in [0.05, 0.1) is 0 Å². The Hall–Kier alpha value is -3.12. The predicted molar refractivity (Wildman–Crippen MR) is 184 cm³/mol. The van der Waals surface area contributed by atoms with Crippen LogP contribution in [-0.2, 0) is 5.41 Å². The van der Waals surface area contributed by atoms with E-state index >= 15 is 0 Å². The SMILES string of the molecule is CCCCCCCCC1(CCCCCCC)c2cc(-c3ccc(C)cc3)ccc2-c2ccc(-c3ccc(C)cc3)cc21. The lowest BCUT2D eigenvalue weighted by Crippen LogP contribution is -2.25. The molecule has 0 radical (unpaired) electrons. The summed E-state index contributed by atoms with van der Waals surface area (Å²) in [6.45, 7) is 9.00. The maximum atomic E-state index is 2.58. The number of hydrogen-bond acceptors (Lipinski definition) is 0. The number of fused-ring (bicyclic) bond motifs is 3. The molecule has 0 bridgehead atoms. The minimum atomic E-state index is 0.0864. The van der Waals surface area contributed by atoms with Crippen LogP contribution in [0, 0.1) is 13.8 Å². The Kier molecular flexibility index (Phi) is 10.4. The second-order valence-corrected chi connectivity index (χ2v) is 13.0. The summed E-state index contributed by atoms with van der Waals surface area (Å²) in [7, 11) is 0. The van der Waals surface area contributed by atoms with E-state index in [-0.39, 0.29) is 5.41 Å². The van der Waals surface area contributed by atoms with Crippen LogP contribution in [0.3, 0.4) is 0 Å². The van der Waals surface area contributed by atoms with Gasteiger partial charge in [0.1, 0.15) is 0 Å². The molecule has 0 atom stereocenters. The van der Waals surface area contributed by atoms with Crippen LogP contribution in [0.4, 0.5) is 0 Å². The minimum absolute atomic E-state index is 0.0864. The van der Waals surface area contributed by atoms with Crippen LogP contribution in [0.25, 0.3) is 33.4 Å². The number of hydrogen-bond donors (Lipinski definition) is 0. The maximum absolute atomic E-state index is 2.58. The molecule has 0 N–H and O–H groups in total. The zero-order valence-corrected chi connectivity index (χ0v) is 26.8. The molecule has 4 aromatic carbocycles. The highest BCUT2D eigenvalue weighted by Gasteiger charge is 2.42. The summed E-state index contributed by atoms with van der Waals surface area (Å²) in [5, 5.41) is 0. The van der Waals surface area contributed by atoms with Crippen molar-refractivity contribution in [2.45, 2.75) is 117 Å².